The minimum absolute atomic E-state index is 0.0138. The molecule has 4 aromatic rings. The number of para-hydroxylation sites is 1. The van der Waals surface area contributed by atoms with Crippen LogP contribution in [0.3, 0.4) is 0 Å². The van der Waals surface area contributed by atoms with Crippen LogP contribution in [0.15, 0.2) is 109 Å². The molecule has 7 nitrogen and oxygen atoms in total. The lowest BCUT2D eigenvalue weighted by Gasteiger charge is -2.25. The quantitative estimate of drug-likeness (QED) is 0.182. The van der Waals surface area contributed by atoms with Crippen LogP contribution in [0.1, 0.15) is 29.7 Å². The third-order valence-electron chi connectivity index (χ3n) is 6.21. The van der Waals surface area contributed by atoms with Gasteiger partial charge in [0, 0.05) is 24.5 Å². The average Bonchev–Trinajstić information content (AvgIpc) is 3.19. The number of hydrogen-bond acceptors (Lipinski definition) is 6. The van der Waals surface area contributed by atoms with Crippen LogP contribution < -0.4 is 9.47 Å². The zero-order chi connectivity index (χ0) is 26.5. The maximum atomic E-state index is 13.4. The Hall–Kier alpha value is -4.91. The van der Waals surface area contributed by atoms with E-state index in [0.29, 0.717) is 35.0 Å². The minimum atomic E-state index is -0.832. The second-order valence-corrected chi connectivity index (χ2v) is 8.73. The maximum Gasteiger partial charge on any atom is 0.295 e. The van der Waals surface area contributed by atoms with E-state index in [0.717, 1.165) is 5.56 Å². The number of benzene rings is 3. The summed E-state index contributed by atoms with van der Waals surface area (Å²) >= 11 is 0. The fourth-order valence-corrected chi connectivity index (χ4v) is 4.48. The molecular formula is C31H26N2O5. The summed E-state index contributed by atoms with van der Waals surface area (Å²) in [6.07, 6.45) is 3.29. The molecule has 1 atom stereocenters. The van der Waals surface area contributed by atoms with E-state index in [4.69, 9.17) is 9.47 Å². The zero-order valence-electron chi connectivity index (χ0n) is 20.8. The first-order valence-electron chi connectivity index (χ1n) is 12.3. The lowest BCUT2D eigenvalue weighted by atomic mass is 9.95. The number of rotatable bonds is 8. The SMILES string of the molecule is CCOc1ccc(/C(O)=C2\C(=O)C(=O)N(Cc3cccnc3)[C@H]2c2cccc(Oc3ccccc3)c2)cc1. The van der Waals surface area contributed by atoms with Gasteiger partial charge in [-0.05, 0) is 72.6 Å². The Kier molecular flexibility index (Phi) is 7.17. The van der Waals surface area contributed by atoms with Gasteiger partial charge in [-0.1, -0.05) is 36.4 Å². The number of pyridine rings is 1. The van der Waals surface area contributed by atoms with Gasteiger partial charge in [-0.3, -0.25) is 14.6 Å². The molecule has 1 fully saturated rings. The Balaban J connectivity index is 1.59. The monoisotopic (exact) mass is 506 g/mol. The molecule has 2 heterocycles. The minimum Gasteiger partial charge on any atom is -0.507 e. The van der Waals surface area contributed by atoms with Crippen LogP contribution in [0.25, 0.3) is 5.76 Å². The molecule has 0 unspecified atom stereocenters. The highest BCUT2D eigenvalue weighted by molar-refractivity contribution is 6.46. The molecule has 3 aromatic carbocycles. The van der Waals surface area contributed by atoms with Crippen molar-refractivity contribution in [3.05, 3.63) is 126 Å². The highest BCUT2D eigenvalue weighted by Gasteiger charge is 2.46. The fraction of sp³-hybridized carbons (Fsp3) is 0.129. The van der Waals surface area contributed by atoms with Gasteiger partial charge in [0.1, 0.15) is 23.0 Å². The molecule has 5 rings (SSSR count). The summed E-state index contributed by atoms with van der Waals surface area (Å²) in [6.45, 7) is 2.53. The van der Waals surface area contributed by atoms with E-state index < -0.39 is 17.7 Å². The topological polar surface area (TPSA) is 89.0 Å². The number of carbonyl (C=O) groups is 2. The van der Waals surface area contributed by atoms with Crippen LogP contribution in [-0.4, -0.2) is 33.3 Å². The number of amides is 1. The predicted octanol–water partition coefficient (Wildman–Crippen LogP) is 5.89. The number of likely N-dealkylation sites (tertiary alicyclic amines) is 1. The van der Waals surface area contributed by atoms with Gasteiger partial charge in [-0.15, -0.1) is 0 Å². The first-order chi connectivity index (χ1) is 18.5. The summed E-state index contributed by atoms with van der Waals surface area (Å²) < 4.78 is 11.5. The number of aliphatic hydroxyl groups excluding tert-OH is 1. The third kappa shape index (κ3) is 5.13. The van der Waals surface area contributed by atoms with Crippen molar-refractivity contribution in [3.63, 3.8) is 0 Å². The molecule has 1 aromatic heterocycles. The van der Waals surface area contributed by atoms with E-state index in [1.807, 2.05) is 49.4 Å². The highest BCUT2D eigenvalue weighted by Crippen LogP contribution is 2.41. The molecule has 1 aliphatic heterocycles. The summed E-state index contributed by atoms with van der Waals surface area (Å²) in [6, 6.07) is 26.1. The van der Waals surface area contributed by atoms with Crippen molar-refractivity contribution < 1.29 is 24.2 Å². The number of carbonyl (C=O) groups excluding carboxylic acids is 2. The largest absolute Gasteiger partial charge is 0.507 e. The lowest BCUT2D eigenvalue weighted by molar-refractivity contribution is -0.140. The van der Waals surface area contributed by atoms with Crippen molar-refractivity contribution in [1.29, 1.82) is 0 Å². The van der Waals surface area contributed by atoms with Crippen molar-refractivity contribution >= 4 is 17.4 Å². The van der Waals surface area contributed by atoms with E-state index in [-0.39, 0.29) is 17.9 Å². The molecule has 38 heavy (non-hydrogen) atoms. The van der Waals surface area contributed by atoms with Crippen molar-refractivity contribution in [2.75, 3.05) is 6.61 Å². The molecule has 7 heteroatoms. The van der Waals surface area contributed by atoms with E-state index in [1.165, 1.54) is 4.90 Å². The van der Waals surface area contributed by atoms with Crippen LogP contribution in [0.5, 0.6) is 17.2 Å². The summed E-state index contributed by atoms with van der Waals surface area (Å²) in [4.78, 5) is 32.3. The molecule has 190 valence electrons. The molecule has 0 saturated carbocycles. The Labute approximate surface area is 220 Å². The third-order valence-corrected chi connectivity index (χ3v) is 6.21. The summed E-state index contributed by atoms with van der Waals surface area (Å²) in [5.74, 6) is 0.147. The molecule has 1 aliphatic rings. The van der Waals surface area contributed by atoms with Crippen molar-refractivity contribution in [1.82, 2.24) is 9.88 Å². The van der Waals surface area contributed by atoms with Gasteiger partial charge >= 0.3 is 0 Å². The van der Waals surface area contributed by atoms with Gasteiger partial charge < -0.3 is 19.5 Å². The van der Waals surface area contributed by atoms with Gasteiger partial charge in [-0.2, -0.15) is 0 Å². The van der Waals surface area contributed by atoms with Crippen molar-refractivity contribution in [3.8, 4) is 17.2 Å². The van der Waals surface area contributed by atoms with Gasteiger partial charge in [-0.25, -0.2) is 0 Å². The number of ether oxygens (including phenoxy) is 2. The Morgan fingerprint density at radius 2 is 1.66 bits per heavy atom. The van der Waals surface area contributed by atoms with E-state index in [1.54, 1.807) is 60.9 Å². The van der Waals surface area contributed by atoms with E-state index in [2.05, 4.69) is 4.98 Å². The number of nitrogens with zero attached hydrogens (tertiary/aromatic N) is 2. The number of aromatic nitrogens is 1. The van der Waals surface area contributed by atoms with Crippen LogP contribution >= 0.6 is 0 Å². The second kappa shape index (κ2) is 11.0. The molecule has 1 N–H and O–H groups in total. The van der Waals surface area contributed by atoms with E-state index in [9.17, 15) is 14.7 Å². The second-order valence-electron chi connectivity index (χ2n) is 8.73. The first kappa shape index (κ1) is 24.8. The van der Waals surface area contributed by atoms with Gasteiger partial charge in [0.2, 0.25) is 0 Å². The first-order valence-corrected chi connectivity index (χ1v) is 12.3. The standard InChI is InChI=1S/C31H26N2O5/c1-2-37-24-15-13-22(14-16-24)29(34)27-28(33(31(36)30(27)35)20-21-8-7-17-32-19-21)23-9-6-12-26(18-23)38-25-10-4-3-5-11-25/h3-19,28,34H,2,20H2,1H3/b29-27+/t28-/m0/s1. The number of ketones is 1. The lowest BCUT2D eigenvalue weighted by Crippen LogP contribution is -2.29. The van der Waals surface area contributed by atoms with Gasteiger partial charge in [0.25, 0.3) is 11.7 Å². The fourth-order valence-electron chi connectivity index (χ4n) is 4.48. The number of aliphatic hydroxyl groups is 1. The number of hydrogen-bond donors (Lipinski definition) is 1. The summed E-state index contributed by atoms with van der Waals surface area (Å²) in [5, 5.41) is 11.3. The van der Waals surface area contributed by atoms with Crippen LogP contribution in [-0.2, 0) is 16.1 Å². The normalized spacial score (nSPS) is 16.4. The van der Waals surface area contributed by atoms with Crippen LogP contribution in [0.2, 0.25) is 0 Å². The van der Waals surface area contributed by atoms with E-state index >= 15 is 0 Å². The number of Topliss-reactive ketones (excluding diaryl/α,β-unsaturated/α-hetero) is 1. The summed E-state index contributed by atoms with van der Waals surface area (Å²) in [5.41, 5.74) is 1.82. The molecule has 1 saturated heterocycles. The molecule has 0 aliphatic carbocycles. The Morgan fingerprint density at radius 1 is 0.895 bits per heavy atom. The van der Waals surface area contributed by atoms with Gasteiger partial charge in [0.15, 0.2) is 0 Å². The van der Waals surface area contributed by atoms with Crippen LogP contribution in [0.4, 0.5) is 0 Å². The summed E-state index contributed by atoms with van der Waals surface area (Å²) in [7, 11) is 0. The van der Waals surface area contributed by atoms with Crippen LogP contribution in [0, 0.1) is 0 Å². The van der Waals surface area contributed by atoms with Gasteiger partial charge in [0.05, 0.1) is 18.2 Å². The van der Waals surface area contributed by atoms with Crippen molar-refractivity contribution in [2.24, 2.45) is 0 Å². The molecule has 1 amide bonds. The predicted molar refractivity (Wildman–Crippen MR) is 143 cm³/mol. The Bertz CT molecular complexity index is 1470. The van der Waals surface area contributed by atoms with Crippen molar-refractivity contribution in [2.45, 2.75) is 19.5 Å². The Morgan fingerprint density at radius 3 is 2.37 bits per heavy atom. The molecule has 0 spiro atoms. The average molecular weight is 507 g/mol. The molecular weight excluding hydrogens is 480 g/mol. The smallest absolute Gasteiger partial charge is 0.295 e. The highest BCUT2D eigenvalue weighted by atomic mass is 16.5. The molecule has 0 bridgehead atoms. The molecule has 0 radical (unpaired) electrons. The zero-order valence-corrected chi connectivity index (χ0v) is 20.8. The maximum absolute atomic E-state index is 13.4.